The molecular weight excluding hydrogens is 300 g/mol. The number of rotatable bonds is 1. The molecule has 0 spiro atoms. The molecule has 8 atom stereocenters. The first-order valence-corrected chi connectivity index (χ1v) is 9.98. The molecule has 4 rings (SSSR count). The third-order valence-electron chi connectivity index (χ3n) is 8.81. The lowest BCUT2D eigenvalue weighted by Gasteiger charge is -2.59. The van der Waals surface area contributed by atoms with Crippen LogP contribution >= 0.6 is 0 Å². The molecule has 4 aliphatic rings. The van der Waals surface area contributed by atoms with E-state index >= 15 is 0 Å². The minimum Gasteiger partial charge on any atom is -0.393 e. The Morgan fingerprint density at radius 2 is 1.83 bits per heavy atom. The smallest absolute Gasteiger partial charge is 0.137 e. The van der Waals surface area contributed by atoms with Gasteiger partial charge >= 0.3 is 0 Å². The van der Waals surface area contributed by atoms with Gasteiger partial charge in [-0.2, -0.15) is 0 Å². The van der Waals surface area contributed by atoms with Crippen LogP contribution in [-0.2, 0) is 9.59 Å². The molecule has 0 aromatic carbocycles. The Hall–Kier alpha value is -0.700. The predicted molar refractivity (Wildman–Crippen MR) is 92.3 cm³/mol. The second kappa shape index (κ2) is 5.40. The van der Waals surface area contributed by atoms with Gasteiger partial charge in [-0.3, -0.25) is 9.59 Å². The Morgan fingerprint density at radius 1 is 1.08 bits per heavy atom. The standard InChI is InChI=1S/C21H32O3/c1-12(22)16-6-7-17-15-5-4-13-10-14(23)8-9-20(13,2)19(15)18(24)11-21(16,17)3/h13-17,19,23H,4-11H2,1-3H3/t13-,14-,15?,16-,17?,19?,20+,21-/m1/s1. The third kappa shape index (κ3) is 2.12. The predicted octanol–water partition coefficient (Wildman–Crippen LogP) is 3.77. The molecule has 3 heteroatoms. The van der Waals surface area contributed by atoms with Crippen molar-refractivity contribution in [1.29, 1.82) is 0 Å². The van der Waals surface area contributed by atoms with Crippen LogP contribution < -0.4 is 0 Å². The monoisotopic (exact) mass is 332 g/mol. The molecule has 4 aliphatic carbocycles. The van der Waals surface area contributed by atoms with E-state index in [-0.39, 0.29) is 34.6 Å². The molecule has 134 valence electrons. The van der Waals surface area contributed by atoms with Crippen molar-refractivity contribution in [2.45, 2.75) is 78.2 Å². The lowest BCUT2D eigenvalue weighted by Crippen LogP contribution is -2.58. The Kier molecular flexibility index (Phi) is 3.77. The third-order valence-corrected chi connectivity index (χ3v) is 8.81. The van der Waals surface area contributed by atoms with Gasteiger partial charge in [0.15, 0.2) is 0 Å². The van der Waals surface area contributed by atoms with E-state index in [9.17, 15) is 14.7 Å². The maximum absolute atomic E-state index is 13.3. The number of aliphatic hydroxyl groups is 1. The van der Waals surface area contributed by atoms with Gasteiger partial charge in [-0.15, -0.1) is 0 Å². The van der Waals surface area contributed by atoms with E-state index in [1.807, 2.05) is 0 Å². The number of carbonyl (C=O) groups is 2. The van der Waals surface area contributed by atoms with Crippen molar-refractivity contribution in [3.63, 3.8) is 0 Å². The van der Waals surface area contributed by atoms with Crippen molar-refractivity contribution in [3.05, 3.63) is 0 Å². The minimum atomic E-state index is -0.169. The second-order valence-electron chi connectivity index (χ2n) is 9.85. The van der Waals surface area contributed by atoms with Crippen molar-refractivity contribution in [2.24, 2.45) is 40.4 Å². The minimum absolute atomic E-state index is 0.0782. The van der Waals surface area contributed by atoms with Crippen LogP contribution in [0.3, 0.4) is 0 Å². The number of aliphatic hydroxyl groups excluding tert-OH is 1. The number of hydrogen-bond acceptors (Lipinski definition) is 3. The Labute approximate surface area is 145 Å². The molecule has 4 fully saturated rings. The summed E-state index contributed by atoms with van der Waals surface area (Å²) in [6, 6.07) is 0. The molecule has 0 radical (unpaired) electrons. The number of ketones is 2. The van der Waals surface area contributed by atoms with Crippen LogP contribution in [-0.4, -0.2) is 22.8 Å². The highest BCUT2D eigenvalue weighted by Gasteiger charge is 2.63. The van der Waals surface area contributed by atoms with E-state index in [2.05, 4.69) is 13.8 Å². The maximum Gasteiger partial charge on any atom is 0.137 e. The second-order valence-corrected chi connectivity index (χ2v) is 9.85. The summed E-state index contributed by atoms with van der Waals surface area (Å²) in [5.74, 6) is 2.48. The molecule has 3 unspecified atom stereocenters. The zero-order valence-electron chi connectivity index (χ0n) is 15.4. The number of fused-ring (bicyclic) bond motifs is 5. The van der Waals surface area contributed by atoms with Gasteiger partial charge in [0.05, 0.1) is 6.10 Å². The van der Waals surface area contributed by atoms with Gasteiger partial charge in [0.25, 0.3) is 0 Å². The lowest BCUT2D eigenvalue weighted by atomic mass is 9.44. The molecule has 0 bridgehead atoms. The van der Waals surface area contributed by atoms with Crippen molar-refractivity contribution >= 4 is 11.6 Å². The Balaban J connectivity index is 1.68. The van der Waals surface area contributed by atoms with Gasteiger partial charge < -0.3 is 5.11 Å². The molecule has 0 aromatic rings. The maximum atomic E-state index is 13.3. The van der Waals surface area contributed by atoms with Crippen LogP contribution in [0.15, 0.2) is 0 Å². The molecule has 1 N–H and O–H groups in total. The fourth-order valence-corrected chi connectivity index (χ4v) is 7.72. The Bertz CT molecular complexity index is 569. The summed E-state index contributed by atoms with van der Waals surface area (Å²) in [4.78, 5) is 25.5. The summed E-state index contributed by atoms with van der Waals surface area (Å²) in [7, 11) is 0. The van der Waals surface area contributed by atoms with E-state index in [0.717, 1.165) is 44.9 Å². The van der Waals surface area contributed by atoms with Crippen LogP contribution in [0.2, 0.25) is 0 Å². The Morgan fingerprint density at radius 3 is 2.54 bits per heavy atom. The summed E-state index contributed by atoms with van der Waals surface area (Å²) in [6.07, 6.45) is 7.53. The van der Waals surface area contributed by atoms with E-state index in [0.29, 0.717) is 30.0 Å². The first-order valence-electron chi connectivity index (χ1n) is 9.98. The van der Waals surface area contributed by atoms with Gasteiger partial charge in [0, 0.05) is 18.3 Å². The molecule has 0 heterocycles. The highest BCUT2D eigenvalue weighted by atomic mass is 16.3. The summed E-state index contributed by atoms with van der Waals surface area (Å²) < 4.78 is 0. The molecule has 0 amide bonds. The van der Waals surface area contributed by atoms with E-state index in [1.54, 1.807) is 6.92 Å². The number of Topliss-reactive ketones (excluding diaryl/α,β-unsaturated/α-hetero) is 2. The van der Waals surface area contributed by atoms with Crippen molar-refractivity contribution in [1.82, 2.24) is 0 Å². The van der Waals surface area contributed by atoms with Crippen molar-refractivity contribution in [3.8, 4) is 0 Å². The zero-order valence-corrected chi connectivity index (χ0v) is 15.4. The summed E-state index contributed by atoms with van der Waals surface area (Å²) >= 11 is 0. The number of hydrogen-bond donors (Lipinski definition) is 1. The van der Waals surface area contributed by atoms with Crippen LogP contribution in [0.4, 0.5) is 0 Å². The molecule has 0 aliphatic heterocycles. The molecule has 0 aromatic heterocycles. The van der Waals surface area contributed by atoms with Gasteiger partial charge in [0.1, 0.15) is 11.6 Å². The molecular formula is C21H32O3. The van der Waals surface area contributed by atoms with E-state index < -0.39 is 0 Å². The summed E-state index contributed by atoms with van der Waals surface area (Å²) in [5.41, 5.74) is -0.0175. The van der Waals surface area contributed by atoms with Crippen LogP contribution in [0, 0.1) is 40.4 Å². The highest BCUT2D eigenvalue weighted by Crippen LogP contribution is 2.66. The van der Waals surface area contributed by atoms with Gasteiger partial charge in [0.2, 0.25) is 0 Å². The first-order chi connectivity index (χ1) is 11.3. The van der Waals surface area contributed by atoms with E-state index in [4.69, 9.17) is 0 Å². The molecule has 4 saturated carbocycles. The van der Waals surface area contributed by atoms with Crippen LogP contribution in [0.5, 0.6) is 0 Å². The van der Waals surface area contributed by atoms with E-state index in [1.165, 1.54) is 0 Å². The van der Waals surface area contributed by atoms with Gasteiger partial charge in [-0.25, -0.2) is 0 Å². The number of carbonyl (C=O) groups excluding carboxylic acids is 2. The SMILES string of the molecule is CC(=O)[C@H]1CCC2C3CC[C@@H]4C[C@H](O)CC[C@]4(C)C3C(=O)C[C@@]21C. The molecule has 0 saturated heterocycles. The summed E-state index contributed by atoms with van der Waals surface area (Å²) in [5, 5.41) is 10.1. The van der Waals surface area contributed by atoms with Crippen LogP contribution in [0.25, 0.3) is 0 Å². The highest BCUT2D eigenvalue weighted by molar-refractivity contribution is 5.87. The largest absolute Gasteiger partial charge is 0.393 e. The summed E-state index contributed by atoms with van der Waals surface area (Å²) in [6.45, 7) is 6.28. The van der Waals surface area contributed by atoms with Crippen molar-refractivity contribution in [2.75, 3.05) is 0 Å². The topological polar surface area (TPSA) is 54.4 Å². The normalized spacial score (nSPS) is 53.9. The van der Waals surface area contributed by atoms with Crippen molar-refractivity contribution < 1.29 is 14.7 Å². The van der Waals surface area contributed by atoms with Gasteiger partial charge in [-0.1, -0.05) is 13.8 Å². The zero-order chi connectivity index (χ0) is 17.3. The quantitative estimate of drug-likeness (QED) is 0.795. The average Bonchev–Trinajstić information content (AvgIpc) is 2.84. The fourth-order valence-electron chi connectivity index (χ4n) is 7.72. The fraction of sp³-hybridized carbons (Fsp3) is 0.905. The molecule has 3 nitrogen and oxygen atoms in total. The van der Waals surface area contributed by atoms with Crippen LogP contribution in [0.1, 0.15) is 72.1 Å². The first kappa shape index (κ1) is 16.8. The lowest BCUT2D eigenvalue weighted by molar-refractivity contribution is -0.162. The molecule has 24 heavy (non-hydrogen) atoms. The van der Waals surface area contributed by atoms with Gasteiger partial charge in [-0.05, 0) is 80.5 Å². The average molecular weight is 332 g/mol.